The molecule has 8 aromatic carbocycles. The van der Waals surface area contributed by atoms with Gasteiger partial charge in [-0.2, -0.15) is 0 Å². The monoisotopic (exact) mass is 743 g/mol. The van der Waals surface area contributed by atoms with E-state index in [1.165, 1.54) is 27.5 Å². The highest BCUT2D eigenvalue weighted by Gasteiger charge is 2.20. The zero-order chi connectivity index (χ0) is 38.6. The highest BCUT2D eigenvalue weighted by atomic mass is 16.3. The van der Waals surface area contributed by atoms with Crippen molar-refractivity contribution in [2.24, 2.45) is 5.92 Å². The van der Waals surface area contributed by atoms with E-state index in [1.54, 1.807) is 0 Å². The molecule has 2 heterocycles. The van der Waals surface area contributed by atoms with Crippen LogP contribution in [0.5, 0.6) is 0 Å². The minimum atomic E-state index is 0.566. The van der Waals surface area contributed by atoms with Gasteiger partial charge in [0, 0.05) is 27.5 Å². The summed E-state index contributed by atoms with van der Waals surface area (Å²) in [6.07, 6.45) is 5.63. The number of allylic oxidation sites excluding steroid dienone is 1. The maximum absolute atomic E-state index is 6.60. The third-order valence-corrected chi connectivity index (χ3v) is 11.5. The fourth-order valence-corrected chi connectivity index (χ4v) is 8.57. The van der Waals surface area contributed by atoms with Gasteiger partial charge in [-0.25, -0.2) is 15.0 Å². The van der Waals surface area contributed by atoms with E-state index in [4.69, 9.17) is 19.4 Å². The first-order valence-corrected chi connectivity index (χ1v) is 19.9. The van der Waals surface area contributed by atoms with Crippen molar-refractivity contribution in [2.45, 2.75) is 13.3 Å². The molecule has 2 aromatic heterocycles. The molecule has 10 aromatic rings. The summed E-state index contributed by atoms with van der Waals surface area (Å²) in [5.74, 6) is 2.38. The standard InChI is InChI=1S/C54H37N3O/c1-34-22-23-39-31-40(25-24-38(39)30-34)41-26-29-46-50(33-41)58-49-21-11-20-47(51(46)49)54-56-52(37-15-6-3-7-16-37)55-53(57-54)42-27-28-44(35-12-4-2-5-13-35)48(32-42)45-19-10-17-36-14-8-9-18-43(36)45/h2-29,31-34H,30H2,1H3. The maximum Gasteiger partial charge on any atom is 0.164 e. The van der Waals surface area contributed by atoms with Crippen LogP contribution in [0.2, 0.25) is 0 Å². The van der Waals surface area contributed by atoms with Crippen LogP contribution in [0.25, 0.3) is 106 Å². The summed E-state index contributed by atoms with van der Waals surface area (Å²) >= 11 is 0. The van der Waals surface area contributed by atoms with Crippen LogP contribution in [0.3, 0.4) is 0 Å². The third-order valence-electron chi connectivity index (χ3n) is 11.5. The number of fused-ring (bicyclic) bond motifs is 5. The molecule has 0 N–H and O–H groups in total. The molecule has 0 saturated heterocycles. The molecular weight excluding hydrogens is 707 g/mol. The van der Waals surface area contributed by atoms with Gasteiger partial charge in [-0.1, -0.05) is 165 Å². The Balaban J connectivity index is 1.08. The second-order valence-electron chi connectivity index (χ2n) is 15.3. The van der Waals surface area contributed by atoms with Crippen molar-refractivity contribution in [3.63, 3.8) is 0 Å². The minimum absolute atomic E-state index is 0.566. The number of aromatic nitrogens is 3. The van der Waals surface area contributed by atoms with Crippen molar-refractivity contribution in [3.8, 4) is 67.5 Å². The Morgan fingerprint density at radius 3 is 1.98 bits per heavy atom. The molecule has 58 heavy (non-hydrogen) atoms. The summed E-state index contributed by atoms with van der Waals surface area (Å²) in [7, 11) is 0. The molecule has 0 saturated carbocycles. The molecular formula is C54H37N3O. The molecule has 4 heteroatoms. The van der Waals surface area contributed by atoms with Crippen LogP contribution in [-0.4, -0.2) is 15.0 Å². The van der Waals surface area contributed by atoms with Crippen molar-refractivity contribution in [3.05, 3.63) is 193 Å². The van der Waals surface area contributed by atoms with Crippen molar-refractivity contribution >= 4 is 38.8 Å². The Hall–Kier alpha value is -7.43. The lowest BCUT2D eigenvalue weighted by atomic mass is 9.88. The molecule has 0 aliphatic heterocycles. The Bertz CT molecular complexity index is 3210. The fourth-order valence-electron chi connectivity index (χ4n) is 8.57. The summed E-state index contributed by atoms with van der Waals surface area (Å²) in [5, 5.41) is 4.40. The normalized spacial score (nSPS) is 13.6. The van der Waals surface area contributed by atoms with E-state index in [2.05, 4.69) is 165 Å². The highest BCUT2D eigenvalue weighted by Crippen LogP contribution is 2.41. The van der Waals surface area contributed by atoms with Crippen LogP contribution in [0.15, 0.2) is 186 Å². The molecule has 274 valence electrons. The van der Waals surface area contributed by atoms with Crippen molar-refractivity contribution in [1.29, 1.82) is 0 Å². The number of hydrogen-bond acceptors (Lipinski definition) is 4. The predicted molar refractivity (Wildman–Crippen MR) is 239 cm³/mol. The molecule has 0 radical (unpaired) electrons. The van der Waals surface area contributed by atoms with Gasteiger partial charge in [-0.3, -0.25) is 0 Å². The fraction of sp³-hybridized carbons (Fsp3) is 0.0556. The third kappa shape index (κ3) is 5.98. The molecule has 1 aliphatic carbocycles. The van der Waals surface area contributed by atoms with Gasteiger partial charge in [0.05, 0.1) is 0 Å². The van der Waals surface area contributed by atoms with E-state index < -0.39 is 0 Å². The van der Waals surface area contributed by atoms with Gasteiger partial charge in [-0.05, 0) is 98.0 Å². The average molecular weight is 744 g/mol. The van der Waals surface area contributed by atoms with Gasteiger partial charge in [0.25, 0.3) is 0 Å². The predicted octanol–water partition coefficient (Wildman–Crippen LogP) is 14.1. The second-order valence-corrected chi connectivity index (χ2v) is 15.3. The molecule has 0 fully saturated rings. The largest absolute Gasteiger partial charge is 0.456 e. The lowest BCUT2D eigenvalue weighted by Crippen LogP contribution is -2.02. The first-order chi connectivity index (χ1) is 28.6. The van der Waals surface area contributed by atoms with Gasteiger partial charge in [0.2, 0.25) is 0 Å². The quantitative estimate of drug-likeness (QED) is 0.170. The van der Waals surface area contributed by atoms with Crippen LogP contribution in [-0.2, 0) is 6.42 Å². The molecule has 0 bridgehead atoms. The van der Waals surface area contributed by atoms with E-state index in [0.29, 0.717) is 23.4 Å². The molecule has 11 rings (SSSR count). The summed E-state index contributed by atoms with van der Waals surface area (Å²) in [4.78, 5) is 15.6. The van der Waals surface area contributed by atoms with E-state index in [1.807, 2.05) is 30.3 Å². The summed E-state index contributed by atoms with van der Waals surface area (Å²) < 4.78 is 6.60. The molecule has 1 aliphatic rings. The minimum Gasteiger partial charge on any atom is -0.456 e. The van der Waals surface area contributed by atoms with Crippen molar-refractivity contribution in [1.82, 2.24) is 15.0 Å². The van der Waals surface area contributed by atoms with E-state index in [0.717, 1.165) is 72.9 Å². The molecule has 1 atom stereocenters. The summed E-state index contributed by atoms with van der Waals surface area (Å²) in [6, 6.07) is 61.9. The van der Waals surface area contributed by atoms with Crippen LogP contribution >= 0.6 is 0 Å². The number of nitrogens with zero attached hydrogens (tertiary/aromatic N) is 3. The van der Waals surface area contributed by atoms with Gasteiger partial charge >= 0.3 is 0 Å². The summed E-state index contributed by atoms with van der Waals surface area (Å²) in [5.41, 5.74) is 13.9. The number of furan rings is 1. The van der Waals surface area contributed by atoms with Gasteiger partial charge < -0.3 is 4.42 Å². The maximum atomic E-state index is 6.60. The van der Waals surface area contributed by atoms with Gasteiger partial charge in [0.15, 0.2) is 17.5 Å². The Morgan fingerprint density at radius 2 is 1.12 bits per heavy atom. The van der Waals surface area contributed by atoms with Crippen LogP contribution < -0.4 is 0 Å². The Labute approximate surface area is 336 Å². The number of benzene rings is 8. The van der Waals surface area contributed by atoms with Crippen LogP contribution in [0, 0.1) is 5.92 Å². The number of hydrogen-bond donors (Lipinski definition) is 0. The SMILES string of the molecule is CC1C=Cc2cc(-c3ccc4c(c3)oc3cccc(-c5nc(-c6ccccc6)nc(-c6ccc(-c7ccccc7)c(-c7cccc8ccccc78)c6)n5)c34)ccc2C1. The van der Waals surface area contributed by atoms with Crippen LogP contribution in [0.4, 0.5) is 0 Å². The Kier molecular flexibility index (Phi) is 8.14. The van der Waals surface area contributed by atoms with E-state index in [-0.39, 0.29) is 0 Å². The lowest BCUT2D eigenvalue weighted by molar-refractivity contribution is 0.669. The topological polar surface area (TPSA) is 51.8 Å². The van der Waals surface area contributed by atoms with Gasteiger partial charge in [-0.15, -0.1) is 0 Å². The first-order valence-electron chi connectivity index (χ1n) is 19.9. The van der Waals surface area contributed by atoms with E-state index in [9.17, 15) is 0 Å². The summed E-state index contributed by atoms with van der Waals surface area (Å²) in [6.45, 7) is 2.27. The molecule has 0 spiro atoms. The lowest BCUT2D eigenvalue weighted by Gasteiger charge is -2.16. The molecule has 0 amide bonds. The van der Waals surface area contributed by atoms with Crippen molar-refractivity contribution < 1.29 is 4.42 Å². The van der Waals surface area contributed by atoms with Gasteiger partial charge in [0.1, 0.15) is 11.2 Å². The Morgan fingerprint density at radius 1 is 0.448 bits per heavy atom. The second kappa shape index (κ2) is 13.9. The number of rotatable bonds is 6. The zero-order valence-electron chi connectivity index (χ0n) is 31.9. The smallest absolute Gasteiger partial charge is 0.164 e. The van der Waals surface area contributed by atoms with E-state index >= 15 is 0 Å². The van der Waals surface area contributed by atoms with Crippen molar-refractivity contribution in [2.75, 3.05) is 0 Å². The average Bonchev–Trinajstić information content (AvgIpc) is 3.67. The first kappa shape index (κ1) is 33.9. The zero-order valence-corrected chi connectivity index (χ0v) is 31.9. The molecule has 4 nitrogen and oxygen atoms in total. The van der Waals surface area contributed by atoms with Crippen LogP contribution in [0.1, 0.15) is 18.1 Å². The molecule has 1 unspecified atom stereocenters. The highest BCUT2D eigenvalue weighted by molar-refractivity contribution is 6.12.